The summed E-state index contributed by atoms with van der Waals surface area (Å²) in [6, 6.07) is 5.37. The number of halogens is 3. The first-order chi connectivity index (χ1) is 7.54. The molecule has 0 aliphatic heterocycles. The van der Waals surface area contributed by atoms with Crippen LogP contribution in [0.15, 0.2) is 24.3 Å². The van der Waals surface area contributed by atoms with Gasteiger partial charge in [-0.15, -0.1) is 0 Å². The third kappa shape index (κ3) is 4.20. The lowest BCUT2D eigenvalue weighted by Gasteiger charge is -2.08. The predicted molar refractivity (Wildman–Crippen MR) is 54.8 cm³/mol. The molecule has 5 heteroatoms. The molecule has 0 radical (unpaired) electrons. The largest absolute Gasteiger partial charge is 0.416 e. The van der Waals surface area contributed by atoms with Crippen LogP contribution in [0.25, 0.3) is 0 Å². The van der Waals surface area contributed by atoms with Crippen molar-refractivity contribution < 1.29 is 18.0 Å². The van der Waals surface area contributed by atoms with E-state index >= 15 is 0 Å². The van der Waals surface area contributed by atoms with E-state index in [1.165, 1.54) is 12.1 Å². The summed E-state index contributed by atoms with van der Waals surface area (Å²) in [5.74, 6) is 0. The van der Waals surface area contributed by atoms with Crippen molar-refractivity contribution >= 4 is 0 Å². The van der Waals surface area contributed by atoms with E-state index in [0.717, 1.165) is 6.07 Å². The molecule has 0 saturated heterocycles. The summed E-state index contributed by atoms with van der Waals surface area (Å²) >= 11 is 0. The van der Waals surface area contributed by atoms with Crippen molar-refractivity contribution in [2.24, 2.45) is 0 Å². The molecular weight excluding hydrogens is 219 g/mol. The summed E-state index contributed by atoms with van der Waals surface area (Å²) < 4.78 is 37.1. The molecule has 0 heterocycles. The Morgan fingerprint density at radius 3 is 2.69 bits per heavy atom. The second-order valence-corrected chi connectivity index (χ2v) is 3.35. The van der Waals surface area contributed by atoms with E-state index in [1.54, 1.807) is 13.1 Å². The number of hydroxylamine groups is 1. The SMILES string of the molecule is CNOCCCc1cccc(C(F)(F)F)c1. The molecule has 0 spiro atoms. The third-order valence-corrected chi connectivity index (χ3v) is 2.11. The van der Waals surface area contributed by atoms with E-state index in [1.807, 2.05) is 0 Å². The summed E-state index contributed by atoms with van der Waals surface area (Å²) in [7, 11) is 1.64. The van der Waals surface area contributed by atoms with Crippen LogP contribution in [0.4, 0.5) is 13.2 Å². The van der Waals surface area contributed by atoms with Crippen LogP contribution in [0.1, 0.15) is 17.5 Å². The van der Waals surface area contributed by atoms with Gasteiger partial charge in [0, 0.05) is 7.05 Å². The highest BCUT2D eigenvalue weighted by Gasteiger charge is 2.30. The van der Waals surface area contributed by atoms with E-state index < -0.39 is 11.7 Å². The van der Waals surface area contributed by atoms with Crippen LogP contribution in [0.5, 0.6) is 0 Å². The fourth-order valence-corrected chi connectivity index (χ4v) is 1.35. The van der Waals surface area contributed by atoms with E-state index in [9.17, 15) is 13.2 Å². The van der Waals surface area contributed by atoms with Crippen molar-refractivity contribution in [1.82, 2.24) is 5.48 Å². The molecule has 1 rings (SSSR count). The minimum Gasteiger partial charge on any atom is -0.302 e. The van der Waals surface area contributed by atoms with E-state index in [-0.39, 0.29) is 0 Å². The highest BCUT2D eigenvalue weighted by molar-refractivity contribution is 5.25. The zero-order chi connectivity index (χ0) is 12.0. The van der Waals surface area contributed by atoms with Gasteiger partial charge in [0.2, 0.25) is 0 Å². The van der Waals surface area contributed by atoms with Crippen LogP contribution in [0.3, 0.4) is 0 Å². The topological polar surface area (TPSA) is 21.3 Å². The quantitative estimate of drug-likeness (QED) is 0.623. The Balaban J connectivity index is 2.54. The van der Waals surface area contributed by atoms with Crippen LogP contribution in [0.2, 0.25) is 0 Å². The van der Waals surface area contributed by atoms with E-state index in [0.29, 0.717) is 25.0 Å². The zero-order valence-electron chi connectivity index (χ0n) is 8.97. The average Bonchev–Trinajstić information content (AvgIpc) is 2.24. The summed E-state index contributed by atoms with van der Waals surface area (Å²) in [5, 5.41) is 0. The van der Waals surface area contributed by atoms with Crippen molar-refractivity contribution in [2.75, 3.05) is 13.7 Å². The van der Waals surface area contributed by atoms with Crippen LogP contribution in [-0.2, 0) is 17.4 Å². The van der Waals surface area contributed by atoms with Crippen LogP contribution in [-0.4, -0.2) is 13.7 Å². The molecule has 0 saturated carbocycles. The Bertz CT molecular complexity index is 325. The fraction of sp³-hybridized carbons (Fsp3) is 0.455. The monoisotopic (exact) mass is 233 g/mol. The molecule has 1 aromatic carbocycles. The van der Waals surface area contributed by atoms with Gasteiger partial charge in [0.1, 0.15) is 0 Å². The first-order valence-corrected chi connectivity index (χ1v) is 4.98. The Hall–Kier alpha value is -1.07. The number of hydrogen-bond acceptors (Lipinski definition) is 2. The van der Waals surface area contributed by atoms with Crippen molar-refractivity contribution in [3.8, 4) is 0 Å². The normalized spacial score (nSPS) is 11.8. The highest BCUT2D eigenvalue weighted by Crippen LogP contribution is 2.29. The first kappa shape index (κ1) is 13.0. The molecule has 0 aliphatic rings. The molecule has 0 bridgehead atoms. The van der Waals surface area contributed by atoms with Gasteiger partial charge in [-0.05, 0) is 24.5 Å². The van der Waals surface area contributed by atoms with Gasteiger partial charge in [-0.2, -0.15) is 13.2 Å². The standard InChI is InChI=1S/C11H14F3NO/c1-15-16-7-3-5-9-4-2-6-10(8-9)11(12,13)14/h2,4,6,8,15H,3,5,7H2,1H3. The van der Waals surface area contributed by atoms with Gasteiger partial charge in [0.25, 0.3) is 0 Å². The number of aryl methyl sites for hydroxylation is 1. The van der Waals surface area contributed by atoms with Gasteiger partial charge in [-0.3, -0.25) is 0 Å². The maximum atomic E-state index is 12.4. The average molecular weight is 233 g/mol. The van der Waals surface area contributed by atoms with Gasteiger partial charge in [-0.1, -0.05) is 18.2 Å². The first-order valence-electron chi connectivity index (χ1n) is 4.98. The van der Waals surface area contributed by atoms with Gasteiger partial charge in [0.05, 0.1) is 12.2 Å². The molecule has 16 heavy (non-hydrogen) atoms. The van der Waals surface area contributed by atoms with Gasteiger partial charge in [-0.25, -0.2) is 5.48 Å². The molecule has 0 unspecified atom stereocenters. The molecule has 90 valence electrons. The van der Waals surface area contributed by atoms with Crippen molar-refractivity contribution in [3.05, 3.63) is 35.4 Å². The van der Waals surface area contributed by atoms with Crippen molar-refractivity contribution in [3.63, 3.8) is 0 Å². The maximum Gasteiger partial charge on any atom is 0.416 e. The zero-order valence-corrected chi connectivity index (χ0v) is 8.97. The summed E-state index contributed by atoms with van der Waals surface area (Å²) in [4.78, 5) is 4.88. The maximum absolute atomic E-state index is 12.4. The number of nitrogens with one attached hydrogen (secondary N) is 1. The summed E-state index contributed by atoms with van der Waals surface area (Å²) in [6.07, 6.45) is -3.01. The lowest BCUT2D eigenvalue weighted by molar-refractivity contribution is -0.137. The molecule has 2 nitrogen and oxygen atoms in total. The van der Waals surface area contributed by atoms with Crippen molar-refractivity contribution in [2.45, 2.75) is 19.0 Å². The molecule has 0 amide bonds. The number of benzene rings is 1. The molecule has 1 N–H and O–H groups in total. The van der Waals surface area contributed by atoms with Crippen molar-refractivity contribution in [1.29, 1.82) is 0 Å². The fourth-order valence-electron chi connectivity index (χ4n) is 1.35. The van der Waals surface area contributed by atoms with Crippen LogP contribution < -0.4 is 5.48 Å². The Kier molecular flexibility index (Phi) is 4.76. The number of alkyl halides is 3. The molecule has 0 aromatic heterocycles. The minimum atomic E-state index is -4.27. The van der Waals surface area contributed by atoms with E-state index in [4.69, 9.17) is 4.84 Å². The Labute approximate surface area is 92.4 Å². The Morgan fingerprint density at radius 1 is 1.31 bits per heavy atom. The van der Waals surface area contributed by atoms with Gasteiger partial charge < -0.3 is 4.84 Å². The molecular formula is C11H14F3NO. The number of hydrogen-bond donors (Lipinski definition) is 1. The van der Waals surface area contributed by atoms with Crippen LogP contribution in [0, 0.1) is 0 Å². The van der Waals surface area contributed by atoms with Crippen LogP contribution >= 0.6 is 0 Å². The smallest absolute Gasteiger partial charge is 0.302 e. The van der Waals surface area contributed by atoms with E-state index in [2.05, 4.69) is 5.48 Å². The molecule has 1 aromatic rings. The predicted octanol–water partition coefficient (Wildman–Crippen LogP) is 2.79. The summed E-state index contributed by atoms with van der Waals surface area (Å²) in [5.41, 5.74) is 2.59. The number of rotatable bonds is 5. The molecule has 0 atom stereocenters. The summed E-state index contributed by atoms with van der Waals surface area (Å²) in [6.45, 7) is 0.479. The lowest BCUT2D eigenvalue weighted by Crippen LogP contribution is -2.09. The lowest BCUT2D eigenvalue weighted by atomic mass is 10.1. The highest BCUT2D eigenvalue weighted by atomic mass is 19.4. The third-order valence-electron chi connectivity index (χ3n) is 2.11. The second kappa shape index (κ2) is 5.86. The molecule has 0 aliphatic carbocycles. The minimum absolute atomic E-state index is 0.479. The molecule has 0 fully saturated rings. The van der Waals surface area contributed by atoms with Gasteiger partial charge in [0.15, 0.2) is 0 Å². The second-order valence-electron chi connectivity index (χ2n) is 3.35. The van der Waals surface area contributed by atoms with Gasteiger partial charge >= 0.3 is 6.18 Å². The Morgan fingerprint density at radius 2 is 2.06 bits per heavy atom.